The molecule has 26 heavy (non-hydrogen) atoms. The fourth-order valence-corrected chi connectivity index (χ4v) is 3.83. The van der Waals surface area contributed by atoms with Crippen molar-refractivity contribution in [2.75, 3.05) is 11.1 Å². The molecule has 2 aromatic carbocycles. The van der Waals surface area contributed by atoms with Crippen LogP contribution in [-0.4, -0.2) is 17.0 Å². The maximum Gasteiger partial charge on any atom is 0.303 e. The maximum atomic E-state index is 12.4. The third-order valence-corrected chi connectivity index (χ3v) is 5.14. The molecule has 3 rings (SSSR count). The second-order valence-corrected chi connectivity index (χ2v) is 7.20. The molecule has 1 amide bonds. The highest BCUT2D eigenvalue weighted by Crippen LogP contribution is 2.44. The lowest BCUT2D eigenvalue weighted by Crippen LogP contribution is -2.27. The molecule has 0 aliphatic heterocycles. The first kappa shape index (κ1) is 18.0. The van der Waals surface area contributed by atoms with Crippen molar-refractivity contribution in [2.45, 2.75) is 38.5 Å². The van der Waals surface area contributed by atoms with Crippen LogP contribution < -0.4 is 11.1 Å². The molecule has 0 heterocycles. The lowest BCUT2D eigenvalue weighted by atomic mass is 9.79. The summed E-state index contributed by atoms with van der Waals surface area (Å²) >= 11 is 0. The molecule has 0 unspecified atom stereocenters. The van der Waals surface area contributed by atoms with E-state index in [1.807, 2.05) is 48.5 Å². The monoisotopic (exact) mass is 352 g/mol. The van der Waals surface area contributed by atoms with Crippen LogP contribution in [0.15, 0.2) is 48.5 Å². The van der Waals surface area contributed by atoms with Gasteiger partial charge in [0, 0.05) is 17.8 Å². The Kier molecular flexibility index (Phi) is 5.26. The topological polar surface area (TPSA) is 92.4 Å². The second-order valence-electron chi connectivity index (χ2n) is 7.20. The molecule has 1 aliphatic rings. The molecule has 5 heteroatoms. The van der Waals surface area contributed by atoms with Crippen LogP contribution in [0.2, 0.25) is 0 Å². The number of benzene rings is 2. The molecule has 136 valence electrons. The van der Waals surface area contributed by atoms with Crippen molar-refractivity contribution in [1.82, 2.24) is 0 Å². The predicted octanol–water partition coefficient (Wildman–Crippen LogP) is 4.30. The zero-order valence-electron chi connectivity index (χ0n) is 14.7. The van der Waals surface area contributed by atoms with Crippen molar-refractivity contribution < 1.29 is 14.7 Å². The Hall–Kier alpha value is -2.82. The molecule has 0 spiro atoms. The van der Waals surface area contributed by atoms with Gasteiger partial charge in [-0.15, -0.1) is 0 Å². The number of carbonyl (C=O) groups excluding carboxylic acids is 1. The van der Waals surface area contributed by atoms with Crippen molar-refractivity contribution in [3.63, 3.8) is 0 Å². The smallest absolute Gasteiger partial charge is 0.303 e. The van der Waals surface area contributed by atoms with Gasteiger partial charge in [-0.1, -0.05) is 37.1 Å². The summed E-state index contributed by atoms with van der Waals surface area (Å²) in [5.41, 5.74) is 8.86. The van der Waals surface area contributed by atoms with E-state index < -0.39 is 5.97 Å². The third kappa shape index (κ3) is 4.42. The van der Waals surface area contributed by atoms with Crippen LogP contribution in [0.5, 0.6) is 0 Å². The zero-order chi connectivity index (χ0) is 18.6. The third-order valence-electron chi connectivity index (χ3n) is 5.14. The van der Waals surface area contributed by atoms with Gasteiger partial charge in [-0.3, -0.25) is 9.59 Å². The highest BCUT2D eigenvalue weighted by Gasteiger charge is 2.37. The van der Waals surface area contributed by atoms with Crippen LogP contribution >= 0.6 is 0 Å². The van der Waals surface area contributed by atoms with Gasteiger partial charge in [0.15, 0.2) is 0 Å². The summed E-state index contributed by atoms with van der Waals surface area (Å²) in [5.74, 6) is -0.944. The van der Waals surface area contributed by atoms with Crippen LogP contribution in [0, 0.1) is 5.41 Å². The number of amides is 1. The number of nitrogens with two attached hydrogens (primary N) is 1. The van der Waals surface area contributed by atoms with Gasteiger partial charge in [-0.2, -0.15) is 0 Å². The van der Waals surface area contributed by atoms with E-state index in [1.54, 1.807) is 0 Å². The zero-order valence-corrected chi connectivity index (χ0v) is 14.7. The van der Waals surface area contributed by atoms with E-state index >= 15 is 0 Å². The minimum atomic E-state index is -0.826. The number of anilines is 2. The van der Waals surface area contributed by atoms with Crippen molar-refractivity contribution in [2.24, 2.45) is 5.41 Å². The normalized spacial score (nSPS) is 15.5. The van der Waals surface area contributed by atoms with Gasteiger partial charge >= 0.3 is 5.97 Å². The summed E-state index contributed by atoms with van der Waals surface area (Å²) in [6.45, 7) is 0. The first-order chi connectivity index (χ1) is 12.5. The fraction of sp³-hybridized carbons (Fsp3) is 0.333. The molecule has 1 saturated carbocycles. The molecule has 0 saturated heterocycles. The van der Waals surface area contributed by atoms with Crippen molar-refractivity contribution in [3.8, 4) is 11.1 Å². The Morgan fingerprint density at radius 2 is 1.46 bits per heavy atom. The van der Waals surface area contributed by atoms with Crippen molar-refractivity contribution in [3.05, 3.63) is 48.5 Å². The summed E-state index contributed by atoms with van der Waals surface area (Å²) < 4.78 is 0. The van der Waals surface area contributed by atoms with Crippen molar-refractivity contribution in [1.29, 1.82) is 0 Å². The van der Waals surface area contributed by atoms with Crippen LogP contribution in [0.25, 0.3) is 11.1 Å². The van der Waals surface area contributed by atoms with Gasteiger partial charge in [0.25, 0.3) is 0 Å². The molecule has 0 aromatic heterocycles. The Morgan fingerprint density at radius 3 is 2.00 bits per heavy atom. The average molecular weight is 352 g/mol. The first-order valence-corrected chi connectivity index (χ1v) is 8.93. The van der Waals surface area contributed by atoms with E-state index in [4.69, 9.17) is 10.8 Å². The van der Waals surface area contributed by atoms with Crippen LogP contribution in [0.3, 0.4) is 0 Å². The fourth-order valence-electron chi connectivity index (χ4n) is 3.83. The highest BCUT2D eigenvalue weighted by atomic mass is 16.4. The number of nitrogen functional groups attached to an aromatic ring is 1. The van der Waals surface area contributed by atoms with Gasteiger partial charge < -0.3 is 16.2 Å². The molecular weight excluding hydrogens is 328 g/mol. The lowest BCUT2D eigenvalue weighted by Gasteiger charge is -2.26. The molecule has 0 radical (unpaired) electrons. The molecule has 4 N–H and O–H groups in total. The number of carbonyl (C=O) groups is 2. The summed E-state index contributed by atoms with van der Waals surface area (Å²) in [4.78, 5) is 23.6. The number of aliphatic carboxylic acids is 1. The molecule has 1 fully saturated rings. The van der Waals surface area contributed by atoms with E-state index in [0.717, 1.165) is 48.2 Å². The minimum Gasteiger partial charge on any atom is -0.481 e. The molecule has 2 aromatic rings. The summed E-state index contributed by atoms with van der Waals surface area (Å²) in [7, 11) is 0. The summed E-state index contributed by atoms with van der Waals surface area (Å²) in [5, 5.41) is 12.1. The quantitative estimate of drug-likeness (QED) is 0.676. The second kappa shape index (κ2) is 7.60. The Bertz CT molecular complexity index is 776. The van der Waals surface area contributed by atoms with E-state index in [1.165, 1.54) is 0 Å². The number of rotatable bonds is 6. The maximum absolute atomic E-state index is 12.4. The summed E-state index contributed by atoms with van der Waals surface area (Å²) in [6.07, 6.45) is 3.94. The molecule has 5 nitrogen and oxygen atoms in total. The van der Waals surface area contributed by atoms with E-state index in [0.29, 0.717) is 0 Å². The molecular formula is C21H24N2O3. The van der Waals surface area contributed by atoms with Gasteiger partial charge in [-0.05, 0) is 53.6 Å². The van der Waals surface area contributed by atoms with Crippen LogP contribution in [0.1, 0.15) is 38.5 Å². The number of hydrogen-bond acceptors (Lipinski definition) is 3. The summed E-state index contributed by atoms with van der Waals surface area (Å²) in [6, 6.07) is 15.2. The van der Waals surface area contributed by atoms with E-state index in [-0.39, 0.29) is 24.2 Å². The largest absolute Gasteiger partial charge is 0.481 e. The minimum absolute atomic E-state index is 0.0660. The van der Waals surface area contributed by atoms with Gasteiger partial charge in [0.05, 0.1) is 6.42 Å². The van der Waals surface area contributed by atoms with E-state index in [2.05, 4.69) is 5.32 Å². The van der Waals surface area contributed by atoms with Crippen LogP contribution in [-0.2, 0) is 9.59 Å². The standard InChI is InChI=1S/C21H24N2O3/c22-17-7-3-15(4-8-17)16-5-9-18(10-6-16)23-19(24)13-21(14-20(25)26)11-1-2-12-21/h3-10H,1-2,11-14,22H2,(H,23,24)(H,25,26). The number of carboxylic acid groups (broad SMARTS) is 1. The van der Waals surface area contributed by atoms with E-state index in [9.17, 15) is 9.59 Å². The van der Waals surface area contributed by atoms with Gasteiger partial charge in [0.1, 0.15) is 0 Å². The Morgan fingerprint density at radius 1 is 0.923 bits per heavy atom. The molecule has 1 aliphatic carbocycles. The highest BCUT2D eigenvalue weighted by molar-refractivity contribution is 5.91. The SMILES string of the molecule is Nc1ccc(-c2ccc(NC(=O)CC3(CC(=O)O)CCCC3)cc2)cc1. The molecule has 0 atom stereocenters. The Labute approximate surface area is 153 Å². The first-order valence-electron chi connectivity index (χ1n) is 8.93. The van der Waals surface area contributed by atoms with Gasteiger partial charge in [-0.25, -0.2) is 0 Å². The van der Waals surface area contributed by atoms with Crippen LogP contribution in [0.4, 0.5) is 11.4 Å². The lowest BCUT2D eigenvalue weighted by molar-refractivity contribution is -0.140. The molecule has 0 bridgehead atoms. The number of nitrogens with one attached hydrogen (secondary N) is 1. The number of carboxylic acids is 1. The van der Waals surface area contributed by atoms with Crippen molar-refractivity contribution >= 4 is 23.3 Å². The average Bonchev–Trinajstić information content (AvgIpc) is 3.03. The number of hydrogen-bond donors (Lipinski definition) is 3. The Balaban J connectivity index is 1.64. The van der Waals surface area contributed by atoms with Gasteiger partial charge in [0.2, 0.25) is 5.91 Å². The predicted molar refractivity (Wildman–Crippen MR) is 103 cm³/mol.